The highest BCUT2D eigenvalue weighted by Crippen LogP contribution is 2.28. The molecule has 1 heterocycles. The van der Waals surface area contributed by atoms with Gasteiger partial charge < -0.3 is 14.8 Å². The van der Waals surface area contributed by atoms with E-state index in [-0.39, 0.29) is 12.0 Å². The molecule has 1 amide bonds. The lowest BCUT2D eigenvalue weighted by Crippen LogP contribution is -2.37. The number of rotatable bonds is 5. The van der Waals surface area contributed by atoms with E-state index in [4.69, 9.17) is 9.47 Å². The van der Waals surface area contributed by atoms with Crippen molar-refractivity contribution >= 4 is 12.2 Å². The molecule has 0 aliphatic rings. The van der Waals surface area contributed by atoms with Crippen molar-refractivity contribution in [2.45, 2.75) is 98.8 Å². The van der Waals surface area contributed by atoms with E-state index < -0.39 is 23.4 Å². The van der Waals surface area contributed by atoms with Gasteiger partial charge in [0.15, 0.2) is 0 Å². The maximum atomic E-state index is 13.0. The van der Waals surface area contributed by atoms with Gasteiger partial charge in [0.25, 0.3) is 0 Å². The zero-order valence-electron chi connectivity index (χ0n) is 19.2. The summed E-state index contributed by atoms with van der Waals surface area (Å²) in [4.78, 5) is 25.4. The highest BCUT2D eigenvalue weighted by molar-refractivity contribution is 5.74. The minimum atomic E-state index is -0.612. The van der Waals surface area contributed by atoms with Crippen molar-refractivity contribution in [3.8, 4) is 0 Å². The molecule has 0 radical (unpaired) electrons. The van der Waals surface area contributed by atoms with Gasteiger partial charge in [-0.1, -0.05) is 27.7 Å². The summed E-state index contributed by atoms with van der Waals surface area (Å²) in [5.74, 6) is 0.437. The minimum Gasteiger partial charge on any atom is -0.444 e. The standard InChI is InChI=1S/C22H38N2O4/c1-14(2)13-16(23-19(25)27-21(5,6)7)18-12-11-17(15(3)4)24(18)20(26)28-22(8,9)10/h11-12,14-16H,13H2,1-10H3,(H,23,25)/t16-/m0/s1. The Kier molecular flexibility index (Phi) is 7.74. The molecule has 0 bridgehead atoms. The van der Waals surface area contributed by atoms with Crippen molar-refractivity contribution in [1.29, 1.82) is 0 Å². The molecule has 1 N–H and O–H groups in total. The number of nitrogens with one attached hydrogen (secondary N) is 1. The van der Waals surface area contributed by atoms with Crippen LogP contribution in [0.4, 0.5) is 9.59 Å². The molecule has 0 fully saturated rings. The van der Waals surface area contributed by atoms with Crippen LogP contribution in [0.1, 0.15) is 99.0 Å². The van der Waals surface area contributed by atoms with Gasteiger partial charge in [0, 0.05) is 5.69 Å². The minimum absolute atomic E-state index is 0.127. The number of aromatic nitrogens is 1. The van der Waals surface area contributed by atoms with E-state index in [2.05, 4.69) is 19.2 Å². The summed E-state index contributed by atoms with van der Waals surface area (Å²) in [7, 11) is 0. The number of hydrogen-bond donors (Lipinski definition) is 1. The summed E-state index contributed by atoms with van der Waals surface area (Å²) < 4.78 is 12.7. The van der Waals surface area contributed by atoms with Crippen LogP contribution in [0.3, 0.4) is 0 Å². The van der Waals surface area contributed by atoms with E-state index in [0.717, 1.165) is 5.69 Å². The average Bonchev–Trinajstić information content (AvgIpc) is 2.86. The summed E-state index contributed by atoms with van der Waals surface area (Å²) in [5, 5.41) is 2.94. The van der Waals surface area contributed by atoms with E-state index in [0.29, 0.717) is 18.0 Å². The molecule has 0 saturated heterocycles. The Morgan fingerprint density at radius 2 is 1.43 bits per heavy atom. The molecule has 0 aromatic carbocycles. The fourth-order valence-corrected chi connectivity index (χ4v) is 2.88. The van der Waals surface area contributed by atoms with Crippen LogP contribution in [0.2, 0.25) is 0 Å². The van der Waals surface area contributed by atoms with Crippen LogP contribution in [0.15, 0.2) is 12.1 Å². The molecular weight excluding hydrogens is 356 g/mol. The van der Waals surface area contributed by atoms with Crippen molar-refractivity contribution in [3.05, 3.63) is 23.5 Å². The second kappa shape index (κ2) is 9.01. The average molecular weight is 395 g/mol. The van der Waals surface area contributed by atoms with Gasteiger partial charge in [-0.25, -0.2) is 9.59 Å². The first-order chi connectivity index (χ1) is 12.6. The molecule has 6 nitrogen and oxygen atoms in total. The van der Waals surface area contributed by atoms with E-state index in [1.54, 1.807) is 4.57 Å². The second-order valence-electron chi connectivity index (χ2n) is 9.98. The third-order valence-corrected chi connectivity index (χ3v) is 3.86. The van der Waals surface area contributed by atoms with Gasteiger partial charge in [0.1, 0.15) is 11.2 Å². The number of carbonyl (C=O) groups excluding carboxylic acids is 2. The van der Waals surface area contributed by atoms with Crippen LogP contribution in [-0.4, -0.2) is 28.0 Å². The molecule has 160 valence electrons. The third kappa shape index (κ3) is 7.56. The molecule has 1 atom stereocenters. The smallest absolute Gasteiger partial charge is 0.419 e. The van der Waals surface area contributed by atoms with Crippen LogP contribution in [-0.2, 0) is 9.47 Å². The lowest BCUT2D eigenvalue weighted by molar-refractivity contribution is 0.0467. The molecule has 1 rings (SSSR count). The van der Waals surface area contributed by atoms with Crippen molar-refractivity contribution in [2.75, 3.05) is 0 Å². The molecule has 0 aliphatic carbocycles. The summed E-state index contributed by atoms with van der Waals surface area (Å²) >= 11 is 0. The molecule has 0 saturated carbocycles. The molecule has 0 spiro atoms. The second-order valence-corrected chi connectivity index (χ2v) is 9.98. The summed E-state index contributed by atoms with van der Waals surface area (Å²) in [6.07, 6.45) is -0.263. The van der Waals surface area contributed by atoms with Gasteiger partial charge in [-0.2, -0.15) is 0 Å². The van der Waals surface area contributed by atoms with Crippen molar-refractivity contribution in [2.24, 2.45) is 5.92 Å². The molecule has 6 heteroatoms. The Balaban J connectivity index is 3.32. The number of alkyl carbamates (subject to hydrolysis) is 1. The molecule has 28 heavy (non-hydrogen) atoms. The SMILES string of the molecule is CC(C)C[C@H](NC(=O)OC(C)(C)C)c1ccc(C(C)C)n1C(=O)OC(C)(C)C. The van der Waals surface area contributed by atoms with Gasteiger partial charge in [-0.05, 0) is 71.9 Å². The quantitative estimate of drug-likeness (QED) is 0.664. The predicted octanol–water partition coefficient (Wildman–Crippen LogP) is 6.01. The van der Waals surface area contributed by atoms with Gasteiger partial charge in [0.05, 0.1) is 11.7 Å². The maximum absolute atomic E-state index is 13.0. The topological polar surface area (TPSA) is 69.6 Å². The van der Waals surface area contributed by atoms with E-state index in [1.807, 2.05) is 67.5 Å². The normalized spacial score (nSPS) is 13.6. The van der Waals surface area contributed by atoms with Gasteiger partial charge >= 0.3 is 12.2 Å². The van der Waals surface area contributed by atoms with E-state index >= 15 is 0 Å². The fraction of sp³-hybridized carbons (Fsp3) is 0.727. The van der Waals surface area contributed by atoms with Crippen molar-refractivity contribution in [3.63, 3.8) is 0 Å². The summed E-state index contributed by atoms with van der Waals surface area (Å²) in [5.41, 5.74) is 0.350. The first-order valence-corrected chi connectivity index (χ1v) is 10.0. The highest BCUT2D eigenvalue weighted by atomic mass is 16.6. The number of hydrogen-bond acceptors (Lipinski definition) is 4. The number of nitrogens with zero attached hydrogens (tertiary/aromatic N) is 1. The van der Waals surface area contributed by atoms with Gasteiger partial charge in [-0.15, -0.1) is 0 Å². The zero-order chi connectivity index (χ0) is 21.9. The Morgan fingerprint density at radius 3 is 1.86 bits per heavy atom. The Hall–Kier alpha value is -1.98. The lowest BCUT2D eigenvalue weighted by Gasteiger charge is -2.27. The Labute approximate surface area is 170 Å². The number of carbonyl (C=O) groups is 2. The van der Waals surface area contributed by atoms with Gasteiger partial charge in [-0.3, -0.25) is 4.57 Å². The van der Waals surface area contributed by atoms with E-state index in [1.165, 1.54) is 0 Å². The van der Waals surface area contributed by atoms with Crippen LogP contribution in [0.25, 0.3) is 0 Å². The maximum Gasteiger partial charge on any atom is 0.419 e. The zero-order valence-corrected chi connectivity index (χ0v) is 19.2. The van der Waals surface area contributed by atoms with Crippen LogP contribution in [0, 0.1) is 5.92 Å². The van der Waals surface area contributed by atoms with Gasteiger partial charge in [0.2, 0.25) is 0 Å². The first kappa shape index (κ1) is 24.1. The highest BCUT2D eigenvalue weighted by Gasteiger charge is 2.29. The summed E-state index contributed by atoms with van der Waals surface area (Å²) in [6.45, 7) is 19.2. The molecule has 0 unspecified atom stereocenters. The van der Waals surface area contributed by atoms with Crippen molar-refractivity contribution in [1.82, 2.24) is 9.88 Å². The third-order valence-electron chi connectivity index (χ3n) is 3.86. The largest absolute Gasteiger partial charge is 0.444 e. The summed E-state index contributed by atoms with van der Waals surface area (Å²) in [6, 6.07) is 3.45. The Morgan fingerprint density at radius 1 is 0.929 bits per heavy atom. The number of ether oxygens (including phenoxy) is 2. The van der Waals surface area contributed by atoms with Crippen molar-refractivity contribution < 1.29 is 19.1 Å². The fourth-order valence-electron chi connectivity index (χ4n) is 2.88. The molecule has 1 aromatic rings. The molecule has 1 aromatic heterocycles. The number of amides is 1. The van der Waals surface area contributed by atoms with Crippen LogP contribution >= 0.6 is 0 Å². The predicted molar refractivity (Wildman–Crippen MR) is 112 cm³/mol. The molecule has 0 aliphatic heterocycles. The molecular formula is C22H38N2O4. The van der Waals surface area contributed by atoms with E-state index in [9.17, 15) is 9.59 Å². The van der Waals surface area contributed by atoms with Crippen LogP contribution in [0.5, 0.6) is 0 Å². The lowest BCUT2D eigenvalue weighted by atomic mass is 10.0. The first-order valence-electron chi connectivity index (χ1n) is 10.0. The van der Waals surface area contributed by atoms with Crippen LogP contribution < -0.4 is 5.32 Å². The Bertz CT molecular complexity index is 676. The monoisotopic (exact) mass is 394 g/mol.